The standard InChI is InChI=1S/C10H12IN5O3/c11-10-14-8(12)7-9(15-10)16(3-13-7)6-1-4(18)5(2-17)19-6/h3-6,17-18H,1-2H2,(H2,12,14,15). The van der Waals surface area contributed by atoms with Crippen LogP contribution in [0.2, 0.25) is 0 Å². The van der Waals surface area contributed by atoms with Gasteiger partial charge in [0.2, 0.25) is 0 Å². The van der Waals surface area contributed by atoms with Crippen molar-refractivity contribution in [3.63, 3.8) is 0 Å². The largest absolute Gasteiger partial charge is 0.394 e. The van der Waals surface area contributed by atoms with E-state index in [2.05, 4.69) is 15.0 Å². The van der Waals surface area contributed by atoms with Crippen LogP contribution < -0.4 is 5.73 Å². The molecule has 0 radical (unpaired) electrons. The van der Waals surface area contributed by atoms with Crippen LogP contribution in [0.25, 0.3) is 11.2 Å². The third kappa shape index (κ3) is 2.16. The van der Waals surface area contributed by atoms with E-state index in [-0.39, 0.29) is 6.61 Å². The Labute approximate surface area is 121 Å². The highest BCUT2D eigenvalue weighted by Crippen LogP contribution is 2.31. The van der Waals surface area contributed by atoms with Gasteiger partial charge >= 0.3 is 0 Å². The lowest BCUT2D eigenvalue weighted by Crippen LogP contribution is -2.24. The van der Waals surface area contributed by atoms with E-state index in [0.29, 0.717) is 27.2 Å². The highest BCUT2D eigenvalue weighted by atomic mass is 127. The van der Waals surface area contributed by atoms with Crippen LogP contribution in [0.3, 0.4) is 0 Å². The van der Waals surface area contributed by atoms with Crippen molar-refractivity contribution in [2.45, 2.75) is 24.9 Å². The van der Waals surface area contributed by atoms with Crippen molar-refractivity contribution in [2.75, 3.05) is 12.3 Å². The molecule has 9 heteroatoms. The van der Waals surface area contributed by atoms with Gasteiger partial charge in [-0.25, -0.2) is 15.0 Å². The molecule has 1 aliphatic rings. The van der Waals surface area contributed by atoms with Crippen LogP contribution in [0.1, 0.15) is 12.6 Å². The number of rotatable bonds is 2. The van der Waals surface area contributed by atoms with Gasteiger partial charge in [-0.1, -0.05) is 0 Å². The summed E-state index contributed by atoms with van der Waals surface area (Å²) in [5.41, 5.74) is 6.86. The molecule has 0 saturated carbocycles. The summed E-state index contributed by atoms with van der Waals surface area (Å²) in [5.74, 6) is 0.311. The zero-order valence-electron chi connectivity index (χ0n) is 9.77. The van der Waals surface area contributed by atoms with Crippen LogP contribution in [-0.2, 0) is 4.74 Å². The number of aliphatic hydroxyl groups excluding tert-OH is 2. The van der Waals surface area contributed by atoms with Crippen molar-refractivity contribution in [3.8, 4) is 0 Å². The Hall–Kier alpha value is -1.04. The molecule has 8 nitrogen and oxygen atoms in total. The van der Waals surface area contributed by atoms with E-state index < -0.39 is 18.4 Å². The number of anilines is 1. The van der Waals surface area contributed by atoms with E-state index in [9.17, 15) is 5.11 Å². The summed E-state index contributed by atoms with van der Waals surface area (Å²) in [4.78, 5) is 12.5. The number of nitrogens with two attached hydrogens (primary N) is 1. The molecule has 0 spiro atoms. The first kappa shape index (κ1) is 13.0. The van der Waals surface area contributed by atoms with E-state index in [0.717, 1.165) is 0 Å². The minimum atomic E-state index is -0.703. The molecule has 0 amide bonds. The number of hydrogen-bond acceptors (Lipinski definition) is 7. The first-order chi connectivity index (χ1) is 9.10. The van der Waals surface area contributed by atoms with Crippen molar-refractivity contribution in [1.82, 2.24) is 19.5 Å². The number of hydrogen-bond donors (Lipinski definition) is 3. The lowest BCUT2D eigenvalue weighted by molar-refractivity contribution is -0.0432. The van der Waals surface area contributed by atoms with Gasteiger partial charge in [0.15, 0.2) is 15.3 Å². The Morgan fingerprint density at radius 3 is 3.00 bits per heavy atom. The van der Waals surface area contributed by atoms with Crippen LogP contribution in [0.5, 0.6) is 0 Å². The van der Waals surface area contributed by atoms with Gasteiger partial charge in [-0.15, -0.1) is 0 Å². The molecule has 19 heavy (non-hydrogen) atoms. The lowest BCUT2D eigenvalue weighted by atomic mass is 10.2. The third-order valence-electron chi connectivity index (χ3n) is 3.12. The average Bonchev–Trinajstić information content (AvgIpc) is 2.92. The van der Waals surface area contributed by atoms with Crippen LogP contribution in [0.15, 0.2) is 6.33 Å². The summed E-state index contributed by atoms with van der Waals surface area (Å²) in [7, 11) is 0. The first-order valence-corrected chi connectivity index (χ1v) is 6.78. The second kappa shape index (κ2) is 4.81. The van der Waals surface area contributed by atoms with Crippen molar-refractivity contribution in [2.24, 2.45) is 0 Å². The topological polar surface area (TPSA) is 119 Å². The maximum absolute atomic E-state index is 9.76. The molecule has 0 bridgehead atoms. The van der Waals surface area contributed by atoms with Gasteiger partial charge in [-0.05, 0) is 0 Å². The minimum Gasteiger partial charge on any atom is -0.394 e. The predicted molar refractivity (Wildman–Crippen MR) is 74.1 cm³/mol. The zero-order chi connectivity index (χ0) is 13.6. The van der Waals surface area contributed by atoms with Gasteiger partial charge in [0, 0.05) is 29.0 Å². The molecule has 3 rings (SSSR count). The van der Waals surface area contributed by atoms with E-state index >= 15 is 0 Å². The summed E-state index contributed by atoms with van der Waals surface area (Å²) in [6.45, 7) is -0.223. The van der Waals surface area contributed by atoms with Crippen LogP contribution in [-0.4, -0.2) is 48.5 Å². The van der Waals surface area contributed by atoms with Gasteiger partial charge in [-0.2, -0.15) is 0 Å². The smallest absolute Gasteiger partial charge is 0.194 e. The van der Waals surface area contributed by atoms with Gasteiger partial charge in [0.05, 0.1) is 19.0 Å². The molecular formula is C10H12IN5O3. The van der Waals surface area contributed by atoms with Gasteiger partial charge in [0.1, 0.15) is 17.8 Å². The molecule has 102 valence electrons. The second-order valence-corrected chi connectivity index (χ2v) is 5.28. The van der Waals surface area contributed by atoms with E-state index in [1.165, 1.54) is 0 Å². The molecular weight excluding hydrogens is 365 g/mol. The highest BCUT2D eigenvalue weighted by Gasteiger charge is 2.35. The zero-order valence-corrected chi connectivity index (χ0v) is 11.9. The van der Waals surface area contributed by atoms with E-state index in [1.54, 1.807) is 10.9 Å². The summed E-state index contributed by atoms with van der Waals surface area (Å²) >= 11 is 1.97. The second-order valence-electron chi connectivity index (χ2n) is 4.32. The van der Waals surface area contributed by atoms with Crippen molar-refractivity contribution in [1.29, 1.82) is 0 Å². The number of halogens is 1. The Morgan fingerprint density at radius 1 is 1.53 bits per heavy atom. The monoisotopic (exact) mass is 377 g/mol. The normalized spacial score (nSPS) is 27.2. The number of nitrogen functional groups attached to an aromatic ring is 1. The van der Waals surface area contributed by atoms with Gasteiger partial charge in [-0.3, -0.25) is 4.57 Å². The molecule has 1 saturated heterocycles. The highest BCUT2D eigenvalue weighted by molar-refractivity contribution is 14.1. The lowest BCUT2D eigenvalue weighted by Gasteiger charge is -2.13. The molecule has 2 aromatic heterocycles. The van der Waals surface area contributed by atoms with Crippen LogP contribution in [0, 0.1) is 3.83 Å². The van der Waals surface area contributed by atoms with Gasteiger partial charge < -0.3 is 20.7 Å². The molecule has 3 unspecified atom stereocenters. The number of fused-ring (bicyclic) bond motifs is 1. The fourth-order valence-electron chi connectivity index (χ4n) is 2.17. The summed E-state index contributed by atoms with van der Waals surface area (Å²) in [6.07, 6.45) is 0.230. The number of imidazole rings is 1. The van der Waals surface area contributed by atoms with E-state index in [1.807, 2.05) is 22.6 Å². The maximum atomic E-state index is 9.76. The Kier molecular flexibility index (Phi) is 3.28. The fraction of sp³-hybridized carbons (Fsp3) is 0.500. The summed E-state index contributed by atoms with van der Waals surface area (Å²) < 4.78 is 7.79. The first-order valence-electron chi connectivity index (χ1n) is 5.70. The third-order valence-corrected chi connectivity index (χ3v) is 3.60. The molecule has 3 atom stereocenters. The molecule has 0 aromatic carbocycles. The van der Waals surface area contributed by atoms with Crippen LogP contribution in [0.4, 0.5) is 5.82 Å². The van der Waals surface area contributed by atoms with Crippen molar-refractivity contribution < 1.29 is 14.9 Å². The SMILES string of the molecule is Nc1nc(I)nc2c1ncn2C1CC(O)C(CO)O1. The summed E-state index contributed by atoms with van der Waals surface area (Å²) in [5, 5.41) is 18.9. The Bertz CT molecular complexity index is 618. The molecule has 4 N–H and O–H groups in total. The van der Waals surface area contributed by atoms with Crippen molar-refractivity contribution >= 4 is 39.6 Å². The molecule has 0 aliphatic carbocycles. The molecule has 2 aromatic rings. The summed E-state index contributed by atoms with van der Waals surface area (Å²) in [6, 6.07) is 0. The minimum absolute atomic E-state index is 0.223. The van der Waals surface area contributed by atoms with E-state index in [4.69, 9.17) is 15.6 Å². The maximum Gasteiger partial charge on any atom is 0.194 e. The average molecular weight is 377 g/mol. The molecule has 1 fully saturated rings. The fourth-order valence-corrected chi connectivity index (χ4v) is 2.66. The Morgan fingerprint density at radius 2 is 2.32 bits per heavy atom. The van der Waals surface area contributed by atoms with Crippen LogP contribution >= 0.6 is 22.6 Å². The van der Waals surface area contributed by atoms with Crippen molar-refractivity contribution in [3.05, 3.63) is 10.2 Å². The number of ether oxygens (including phenoxy) is 1. The Balaban J connectivity index is 2.02. The predicted octanol–water partition coefficient (Wildman–Crippen LogP) is -0.346. The number of aliphatic hydroxyl groups is 2. The number of nitrogens with zero attached hydrogens (tertiary/aromatic N) is 4. The molecule has 3 heterocycles. The molecule has 1 aliphatic heterocycles. The number of aromatic nitrogens is 4. The van der Waals surface area contributed by atoms with Gasteiger partial charge in [0.25, 0.3) is 0 Å². The quantitative estimate of drug-likeness (QED) is 0.484.